The van der Waals surface area contributed by atoms with Crippen molar-refractivity contribution < 1.29 is 13.9 Å². The topological polar surface area (TPSA) is 44.5 Å². The molecule has 2 rings (SSSR count). The number of hydrogen-bond acceptors (Lipinski definition) is 3. The van der Waals surface area contributed by atoms with Crippen molar-refractivity contribution in [2.24, 2.45) is 5.73 Å². The Morgan fingerprint density at radius 3 is 2.67 bits per heavy atom. The predicted octanol–water partition coefficient (Wildman–Crippen LogP) is 3.81. The molecule has 0 unspecified atom stereocenters. The van der Waals surface area contributed by atoms with E-state index < -0.39 is 5.82 Å². The van der Waals surface area contributed by atoms with Crippen molar-refractivity contribution in [1.82, 2.24) is 0 Å². The van der Waals surface area contributed by atoms with Crippen LogP contribution in [0.4, 0.5) is 4.39 Å². The fraction of sp³-hybridized carbons (Fsp3) is 0.133. The van der Waals surface area contributed by atoms with Crippen LogP contribution < -0.4 is 15.2 Å². The Balaban J connectivity index is 2.17. The third kappa shape index (κ3) is 3.92. The van der Waals surface area contributed by atoms with Crippen LogP contribution in [0, 0.1) is 5.82 Å². The lowest BCUT2D eigenvalue weighted by molar-refractivity contribution is 0.289. The lowest BCUT2D eigenvalue weighted by Crippen LogP contribution is -2.11. The molecular formula is C15H13BrFNO2S. The van der Waals surface area contributed by atoms with Crippen LogP contribution in [0.1, 0.15) is 11.1 Å². The average molecular weight is 370 g/mol. The van der Waals surface area contributed by atoms with Crippen LogP contribution in [0.5, 0.6) is 11.5 Å². The first-order chi connectivity index (χ1) is 10.0. The maximum atomic E-state index is 13.6. The molecule has 0 saturated heterocycles. The molecule has 0 atom stereocenters. The Morgan fingerprint density at radius 1 is 1.24 bits per heavy atom. The van der Waals surface area contributed by atoms with E-state index in [0.29, 0.717) is 11.3 Å². The summed E-state index contributed by atoms with van der Waals surface area (Å²) in [6.45, 7) is 0.210. The average Bonchev–Trinajstić information content (AvgIpc) is 2.47. The number of halogens is 2. The van der Waals surface area contributed by atoms with Crippen molar-refractivity contribution in [2.45, 2.75) is 6.61 Å². The first kappa shape index (κ1) is 15.7. The number of nitrogens with two attached hydrogens (primary N) is 1. The molecule has 2 N–H and O–H groups in total. The van der Waals surface area contributed by atoms with Crippen molar-refractivity contribution >= 4 is 33.1 Å². The van der Waals surface area contributed by atoms with E-state index >= 15 is 0 Å². The second-order valence-corrected chi connectivity index (χ2v) is 5.62. The molecule has 2 aromatic rings. The molecule has 0 fully saturated rings. The molecule has 2 aromatic carbocycles. The van der Waals surface area contributed by atoms with Crippen LogP contribution >= 0.6 is 28.1 Å². The number of ether oxygens (including phenoxy) is 2. The predicted molar refractivity (Wildman–Crippen MR) is 87.3 cm³/mol. The first-order valence-corrected chi connectivity index (χ1v) is 7.26. The van der Waals surface area contributed by atoms with Crippen molar-refractivity contribution in [3.05, 3.63) is 57.8 Å². The highest BCUT2D eigenvalue weighted by Crippen LogP contribution is 2.25. The second kappa shape index (κ2) is 6.87. The zero-order valence-electron chi connectivity index (χ0n) is 11.2. The highest BCUT2D eigenvalue weighted by Gasteiger charge is 2.09. The minimum absolute atomic E-state index is 0.182. The summed E-state index contributed by atoms with van der Waals surface area (Å²) in [5.41, 5.74) is 7.09. The number of rotatable bonds is 5. The summed E-state index contributed by atoms with van der Waals surface area (Å²) in [5.74, 6) is 0.338. The van der Waals surface area contributed by atoms with Gasteiger partial charge in [-0.25, -0.2) is 4.39 Å². The number of methoxy groups -OCH3 is 1. The molecular weight excluding hydrogens is 357 g/mol. The lowest BCUT2D eigenvalue weighted by Gasteiger charge is -2.11. The molecule has 0 aliphatic rings. The molecule has 110 valence electrons. The third-order valence-electron chi connectivity index (χ3n) is 2.82. The second-order valence-electron chi connectivity index (χ2n) is 4.26. The Hall–Kier alpha value is -1.66. The van der Waals surface area contributed by atoms with Crippen LogP contribution in [0.2, 0.25) is 0 Å². The van der Waals surface area contributed by atoms with Crippen LogP contribution in [-0.4, -0.2) is 12.1 Å². The molecule has 0 aliphatic carbocycles. The maximum Gasteiger partial charge on any atom is 0.165 e. The van der Waals surface area contributed by atoms with Gasteiger partial charge in [0.2, 0.25) is 0 Å². The van der Waals surface area contributed by atoms with Crippen LogP contribution in [0.3, 0.4) is 0 Å². The van der Waals surface area contributed by atoms with Gasteiger partial charge in [0.25, 0.3) is 0 Å². The molecule has 6 heteroatoms. The van der Waals surface area contributed by atoms with Gasteiger partial charge in [0.05, 0.1) is 12.7 Å². The Morgan fingerprint density at radius 2 is 2.00 bits per heavy atom. The van der Waals surface area contributed by atoms with Crippen LogP contribution in [0.25, 0.3) is 0 Å². The number of hydrogen-bond donors (Lipinski definition) is 1. The molecule has 0 radical (unpaired) electrons. The molecule has 0 heterocycles. The highest BCUT2D eigenvalue weighted by atomic mass is 79.9. The smallest absolute Gasteiger partial charge is 0.165 e. The summed E-state index contributed by atoms with van der Waals surface area (Å²) in [6.07, 6.45) is 0. The molecule has 0 amide bonds. The van der Waals surface area contributed by atoms with Gasteiger partial charge in [-0.15, -0.1) is 0 Å². The summed E-state index contributed by atoms with van der Waals surface area (Å²) in [5, 5.41) is 0. The molecule has 0 saturated carbocycles. The SMILES string of the molecule is COc1cc(COc2cc(Br)ccc2F)ccc1C(N)=S. The molecule has 0 aromatic heterocycles. The molecule has 21 heavy (non-hydrogen) atoms. The van der Waals surface area contributed by atoms with Crippen molar-refractivity contribution in [1.29, 1.82) is 0 Å². The summed E-state index contributed by atoms with van der Waals surface area (Å²) >= 11 is 8.22. The largest absolute Gasteiger partial charge is 0.496 e. The molecule has 0 spiro atoms. The van der Waals surface area contributed by atoms with Crippen LogP contribution in [-0.2, 0) is 6.61 Å². The summed E-state index contributed by atoms with van der Waals surface area (Å²) < 4.78 is 25.1. The van der Waals surface area contributed by atoms with Gasteiger partial charge in [0, 0.05) is 4.47 Å². The zero-order valence-corrected chi connectivity index (χ0v) is 13.6. The van der Waals surface area contributed by atoms with Gasteiger partial charge in [0.15, 0.2) is 11.6 Å². The Kier molecular flexibility index (Phi) is 5.14. The fourth-order valence-corrected chi connectivity index (χ4v) is 2.29. The van der Waals surface area contributed by atoms with Crippen molar-refractivity contribution in [3.63, 3.8) is 0 Å². The van der Waals surface area contributed by atoms with Crippen molar-refractivity contribution in [2.75, 3.05) is 7.11 Å². The van der Waals surface area contributed by atoms with E-state index in [4.69, 9.17) is 27.4 Å². The maximum absolute atomic E-state index is 13.6. The van der Waals surface area contributed by atoms with E-state index in [1.807, 2.05) is 6.07 Å². The van der Waals surface area contributed by atoms with E-state index in [9.17, 15) is 4.39 Å². The minimum Gasteiger partial charge on any atom is -0.496 e. The summed E-state index contributed by atoms with van der Waals surface area (Å²) in [6, 6.07) is 9.88. The van der Waals surface area contributed by atoms with E-state index in [-0.39, 0.29) is 17.3 Å². The van der Waals surface area contributed by atoms with Gasteiger partial charge in [-0.2, -0.15) is 0 Å². The lowest BCUT2D eigenvalue weighted by atomic mass is 10.1. The van der Waals surface area contributed by atoms with Gasteiger partial charge >= 0.3 is 0 Å². The molecule has 0 aliphatic heterocycles. The monoisotopic (exact) mass is 369 g/mol. The van der Waals surface area contributed by atoms with Crippen molar-refractivity contribution in [3.8, 4) is 11.5 Å². The van der Waals surface area contributed by atoms with E-state index in [1.165, 1.54) is 13.2 Å². The van der Waals surface area contributed by atoms with Gasteiger partial charge in [-0.1, -0.05) is 34.2 Å². The molecule has 3 nitrogen and oxygen atoms in total. The zero-order chi connectivity index (χ0) is 15.4. The van der Waals surface area contributed by atoms with E-state index in [0.717, 1.165) is 10.0 Å². The highest BCUT2D eigenvalue weighted by molar-refractivity contribution is 9.10. The van der Waals surface area contributed by atoms with Gasteiger partial charge in [-0.3, -0.25) is 0 Å². The van der Waals surface area contributed by atoms with Gasteiger partial charge in [0.1, 0.15) is 17.3 Å². The van der Waals surface area contributed by atoms with E-state index in [2.05, 4.69) is 15.9 Å². The number of benzene rings is 2. The number of thiocarbonyl (C=S) groups is 1. The van der Waals surface area contributed by atoms with E-state index in [1.54, 1.807) is 24.3 Å². The Bertz CT molecular complexity index is 679. The molecule has 0 bridgehead atoms. The first-order valence-electron chi connectivity index (χ1n) is 6.06. The van der Waals surface area contributed by atoms with Gasteiger partial charge < -0.3 is 15.2 Å². The summed E-state index contributed by atoms with van der Waals surface area (Å²) in [7, 11) is 1.54. The summed E-state index contributed by atoms with van der Waals surface area (Å²) in [4.78, 5) is 0.261. The Labute approximate surface area is 136 Å². The normalized spacial score (nSPS) is 10.2. The fourth-order valence-electron chi connectivity index (χ4n) is 1.78. The van der Waals surface area contributed by atoms with Gasteiger partial charge in [-0.05, 0) is 35.9 Å². The standard InChI is InChI=1S/C15H13BrFNO2S/c1-19-13-6-9(2-4-11(13)15(18)21)8-20-14-7-10(16)3-5-12(14)17/h2-7H,8H2,1H3,(H2,18,21). The minimum atomic E-state index is -0.412. The third-order valence-corrected chi connectivity index (χ3v) is 3.53. The van der Waals surface area contributed by atoms with Crippen LogP contribution in [0.15, 0.2) is 40.9 Å². The quantitative estimate of drug-likeness (QED) is 0.813.